The van der Waals surface area contributed by atoms with Crippen LogP contribution in [0.1, 0.15) is 32.8 Å². The van der Waals surface area contributed by atoms with Gasteiger partial charge < -0.3 is 9.84 Å². The number of nitrogens with zero attached hydrogens (tertiary/aromatic N) is 2. The van der Waals surface area contributed by atoms with E-state index in [0.29, 0.717) is 30.2 Å². The summed E-state index contributed by atoms with van der Waals surface area (Å²) in [7, 11) is -1.98. The van der Waals surface area contributed by atoms with E-state index in [0.717, 1.165) is 6.42 Å². The van der Waals surface area contributed by atoms with Gasteiger partial charge in [0, 0.05) is 24.9 Å². The van der Waals surface area contributed by atoms with Crippen LogP contribution in [0.25, 0.3) is 0 Å². The van der Waals surface area contributed by atoms with Crippen LogP contribution in [0.3, 0.4) is 0 Å². The molecule has 0 aromatic heterocycles. The summed E-state index contributed by atoms with van der Waals surface area (Å²) in [5.74, 6) is 0.550. The molecule has 0 unspecified atom stereocenters. The zero-order valence-corrected chi connectivity index (χ0v) is 14.4. The number of ether oxygens (including phenoxy) is 1. The van der Waals surface area contributed by atoms with Gasteiger partial charge in [0.2, 0.25) is 10.0 Å². The zero-order chi connectivity index (χ0) is 16.8. The molecular weight excluding hydrogens is 304 g/mol. The minimum atomic E-state index is -3.54. The van der Waals surface area contributed by atoms with Crippen LogP contribution in [0.5, 0.6) is 5.75 Å². The van der Waals surface area contributed by atoms with Crippen molar-refractivity contribution in [3.8, 4) is 5.75 Å². The molecule has 0 bridgehead atoms. The first-order valence-corrected chi connectivity index (χ1v) is 8.67. The molecule has 1 N–H and O–H groups in total. The van der Waals surface area contributed by atoms with Crippen LogP contribution in [-0.2, 0) is 10.0 Å². The lowest BCUT2D eigenvalue weighted by molar-refractivity contribution is 0.309. The van der Waals surface area contributed by atoms with Gasteiger partial charge in [-0.1, -0.05) is 6.92 Å². The maximum Gasteiger partial charge on any atom is 0.242 e. The predicted molar refractivity (Wildman–Crippen MR) is 87.0 cm³/mol. The average Bonchev–Trinajstić information content (AvgIpc) is 2.48. The third-order valence-electron chi connectivity index (χ3n) is 3.20. The van der Waals surface area contributed by atoms with Crippen LogP contribution >= 0.6 is 0 Å². The quantitative estimate of drug-likeness (QED) is 0.739. The molecule has 0 radical (unpaired) electrons. The van der Waals surface area contributed by atoms with E-state index in [-0.39, 0.29) is 11.6 Å². The summed E-state index contributed by atoms with van der Waals surface area (Å²) in [5.41, 5.74) is 1.10. The molecule has 0 fully saturated rings. The van der Waals surface area contributed by atoms with Gasteiger partial charge in [0.05, 0.1) is 11.5 Å². The molecule has 1 rings (SSSR count). The monoisotopic (exact) mass is 328 g/mol. The van der Waals surface area contributed by atoms with Gasteiger partial charge in [-0.3, -0.25) is 4.99 Å². The van der Waals surface area contributed by atoms with Crippen molar-refractivity contribution in [2.75, 3.05) is 26.9 Å². The van der Waals surface area contributed by atoms with Crippen molar-refractivity contribution in [3.63, 3.8) is 0 Å². The normalized spacial score (nSPS) is 12.7. The van der Waals surface area contributed by atoms with Crippen molar-refractivity contribution in [2.24, 2.45) is 4.99 Å². The molecule has 0 aliphatic rings. The molecule has 6 nitrogen and oxygen atoms in total. The van der Waals surface area contributed by atoms with Crippen LogP contribution in [0.15, 0.2) is 28.1 Å². The fraction of sp³-hybridized carbons (Fsp3) is 0.533. The minimum Gasteiger partial charge on any atom is -0.493 e. The van der Waals surface area contributed by atoms with E-state index in [4.69, 9.17) is 9.84 Å². The van der Waals surface area contributed by atoms with Crippen molar-refractivity contribution in [1.82, 2.24) is 4.31 Å². The Morgan fingerprint density at radius 2 is 2.05 bits per heavy atom. The number of aliphatic hydroxyl groups excluding tert-OH is 1. The maximum absolute atomic E-state index is 12.5. The highest BCUT2D eigenvalue weighted by molar-refractivity contribution is 7.89. The van der Waals surface area contributed by atoms with Crippen LogP contribution < -0.4 is 4.74 Å². The molecule has 124 valence electrons. The first-order chi connectivity index (χ1) is 10.4. The number of hydrogen-bond donors (Lipinski definition) is 1. The lowest BCUT2D eigenvalue weighted by atomic mass is 10.1. The number of aliphatic imine (C=N–C) groups is 1. The first kappa shape index (κ1) is 18.6. The lowest BCUT2D eigenvalue weighted by Gasteiger charge is -2.18. The highest BCUT2D eigenvalue weighted by Gasteiger charge is 2.22. The van der Waals surface area contributed by atoms with Crippen molar-refractivity contribution in [3.05, 3.63) is 23.8 Å². The molecule has 0 heterocycles. The summed E-state index contributed by atoms with van der Waals surface area (Å²) >= 11 is 0. The summed E-state index contributed by atoms with van der Waals surface area (Å²) in [5, 5.41) is 8.95. The van der Waals surface area contributed by atoms with Gasteiger partial charge in [-0.2, -0.15) is 0 Å². The molecule has 0 atom stereocenters. The van der Waals surface area contributed by atoms with Gasteiger partial charge in [0.15, 0.2) is 0 Å². The van der Waals surface area contributed by atoms with Gasteiger partial charge in [-0.15, -0.1) is 0 Å². The lowest BCUT2D eigenvalue weighted by Crippen LogP contribution is -2.27. The summed E-state index contributed by atoms with van der Waals surface area (Å²) in [6.07, 6.45) is 0.741. The topological polar surface area (TPSA) is 79.2 Å². The number of rotatable bonds is 8. The van der Waals surface area contributed by atoms with Gasteiger partial charge >= 0.3 is 0 Å². The second kappa shape index (κ2) is 8.26. The molecule has 1 aromatic rings. The number of aliphatic hydroxyl groups is 1. The summed E-state index contributed by atoms with van der Waals surface area (Å²) in [4.78, 5) is 4.12. The van der Waals surface area contributed by atoms with Crippen molar-refractivity contribution >= 4 is 15.7 Å². The standard InChI is InChI=1S/C15H24N2O4S/c1-5-9-17(4)22(19,20)13-7-8-15(21-6-2)14(10-13)12(3)16-11-18/h7-8,10,18H,5-6,9,11H2,1-4H3. The summed E-state index contributed by atoms with van der Waals surface area (Å²) < 4.78 is 31.9. The Balaban J connectivity index is 3.35. The summed E-state index contributed by atoms with van der Waals surface area (Å²) in [6.45, 7) is 6.04. The van der Waals surface area contributed by atoms with E-state index < -0.39 is 10.0 Å². The third-order valence-corrected chi connectivity index (χ3v) is 5.05. The fourth-order valence-corrected chi connectivity index (χ4v) is 3.33. The van der Waals surface area contributed by atoms with Crippen molar-refractivity contribution in [1.29, 1.82) is 0 Å². The molecule has 0 saturated carbocycles. The molecule has 0 spiro atoms. The highest BCUT2D eigenvalue weighted by Crippen LogP contribution is 2.25. The van der Waals surface area contributed by atoms with Crippen molar-refractivity contribution < 1.29 is 18.3 Å². The van der Waals surface area contributed by atoms with E-state index in [2.05, 4.69) is 4.99 Å². The Morgan fingerprint density at radius 1 is 1.36 bits per heavy atom. The predicted octanol–water partition coefficient (Wildman–Crippen LogP) is 1.87. The van der Waals surface area contributed by atoms with Crippen LogP contribution in [0.4, 0.5) is 0 Å². The van der Waals surface area contributed by atoms with E-state index in [1.54, 1.807) is 26.1 Å². The molecular formula is C15H24N2O4S. The molecule has 0 saturated heterocycles. The van der Waals surface area contributed by atoms with E-state index in [9.17, 15) is 8.42 Å². The Hall–Kier alpha value is -1.44. The Kier molecular flexibility index (Phi) is 6.99. The van der Waals surface area contributed by atoms with E-state index in [1.165, 1.54) is 10.4 Å². The van der Waals surface area contributed by atoms with Gasteiger partial charge in [0.1, 0.15) is 12.5 Å². The molecule has 7 heteroatoms. The Bertz CT molecular complexity index is 626. The second-order valence-electron chi connectivity index (χ2n) is 4.80. The van der Waals surface area contributed by atoms with E-state index >= 15 is 0 Å². The van der Waals surface area contributed by atoms with Crippen LogP contribution in [0, 0.1) is 0 Å². The molecule has 0 aliphatic heterocycles. The second-order valence-corrected chi connectivity index (χ2v) is 6.85. The summed E-state index contributed by atoms with van der Waals surface area (Å²) in [6, 6.07) is 4.70. The van der Waals surface area contributed by atoms with Gasteiger partial charge in [-0.05, 0) is 38.5 Å². The first-order valence-electron chi connectivity index (χ1n) is 7.23. The number of sulfonamides is 1. The van der Waals surface area contributed by atoms with Crippen LogP contribution in [-0.4, -0.2) is 50.5 Å². The molecule has 0 aliphatic carbocycles. The Labute approximate surface area is 132 Å². The smallest absolute Gasteiger partial charge is 0.242 e. The molecule has 22 heavy (non-hydrogen) atoms. The zero-order valence-electron chi connectivity index (χ0n) is 13.5. The van der Waals surface area contributed by atoms with Crippen LogP contribution in [0.2, 0.25) is 0 Å². The molecule has 1 aromatic carbocycles. The average molecular weight is 328 g/mol. The Morgan fingerprint density at radius 3 is 2.59 bits per heavy atom. The SMILES string of the molecule is CCCN(C)S(=O)(=O)c1ccc(OCC)c(C(C)=NCO)c1. The molecule has 0 amide bonds. The minimum absolute atomic E-state index is 0.189. The third kappa shape index (κ3) is 4.28. The number of benzene rings is 1. The maximum atomic E-state index is 12.5. The fourth-order valence-electron chi connectivity index (χ4n) is 2.04. The largest absolute Gasteiger partial charge is 0.493 e. The van der Waals surface area contributed by atoms with E-state index in [1.807, 2.05) is 13.8 Å². The van der Waals surface area contributed by atoms with Gasteiger partial charge in [0.25, 0.3) is 0 Å². The van der Waals surface area contributed by atoms with Crippen molar-refractivity contribution in [2.45, 2.75) is 32.1 Å². The van der Waals surface area contributed by atoms with Gasteiger partial charge in [-0.25, -0.2) is 12.7 Å². The highest BCUT2D eigenvalue weighted by atomic mass is 32.2. The number of hydrogen-bond acceptors (Lipinski definition) is 5.